The SMILES string of the molecule is C=C(C)C(=O)OC1(C(C)(C)C)CCCCC1O. The molecule has 0 aromatic rings. The predicted octanol–water partition coefficient (Wildman–Crippen LogP) is 2.83. The van der Waals surface area contributed by atoms with Crippen molar-refractivity contribution in [3.8, 4) is 0 Å². The number of aliphatic hydroxyl groups excluding tert-OH is 1. The highest BCUT2D eigenvalue weighted by Gasteiger charge is 2.52. The van der Waals surface area contributed by atoms with Gasteiger partial charge in [0.15, 0.2) is 0 Å². The van der Waals surface area contributed by atoms with Crippen molar-refractivity contribution in [1.29, 1.82) is 0 Å². The molecule has 1 saturated carbocycles. The maximum absolute atomic E-state index is 11.8. The van der Waals surface area contributed by atoms with Gasteiger partial charge >= 0.3 is 5.97 Å². The van der Waals surface area contributed by atoms with Gasteiger partial charge in [-0.15, -0.1) is 0 Å². The molecule has 0 heterocycles. The van der Waals surface area contributed by atoms with Crippen molar-refractivity contribution in [2.45, 2.75) is 65.1 Å². The van der Waals surface area contributed by atoms with Crippen LogP contribution in [0, 0.1) is 5.41 Å². The number of ether oxygens (including phenoxy) is 1. The van der Waals surface area contributed by atoms with E-state index in [-0.39, 0.29) is 5.41 Å². The molecule has 17 heavy (non-hydrogen) atoms. The van der Waals surface area contributed by atoms with Crippen LogP contribution in [0.15, 0.2) is 12.2 Å². The lowest BCUT2D eigenvalue weighted by Crippen LogP contribution is -2.57. The first-order valence-corrected chi connectivity index (χ1v) is 6.27. The Morgan fingerprint density at radius 1 is 1.41 bits per heavy atom. The minimum Gasteiger partial charge on any atom is -0.452 e. The summed E-state index contributed by atoms with van der Waals surface area (Å²) >= 11 is 0. The topological polar surface area (TPSA) is 46.5 Å². The predicted molar refractivity (Wildman–Crippen MR) is 67.6 cm³/mol. The molecular weight excluding hydrogens is 216 g/mol. The van der Waals surface area contributed by atoms with Crippen LogP contribution in [0.4, 0.5) is 0 Å². The zero-order valence-electron chi connectivity index (χ0n) is 11.4. The van der Waals surface area contributed by atoms with E-state index in [0.717, 1.165) is 19.3 Å². The summed E-state index contributed by atoms with van der Waals surface area (Å²) in [6.45, 7) is 11.3. The Kier molecular flexibility index (Phi) is 4.03. The highest BCUT2D eigenvalue weighted by atomic mass is 16.6. The Morgan fingerprint density at radius 3 is 2.41 bits per heavy atom. The second-order valence-electron chi connectivity index (χ2n) is 6.07. The first-order valence-electron chi connectivity index (χ1n) is 6.27. The summed E-state index contributed by atoms with van der Waals surface area (Å²) in [4.78, 5) is 11.8. The lowest BCUT2D eigenvalue weighted by Gasteiger charge is -2.49. The van der Waals surface area contributed by atoms with Gasteiger partial charge in [-0.2, -0.15) is 0 Å². The van der Waals surface area contributed by atoms with Crippen LogP contribution in [0.25, 0.3) is 0 Å². The average molecular weight is 240 g/mol. The van der Waals surface area contributed by atoms with Gasteiger partial charge in [0.2, 0.25) is 0 Å². The summed E-state index contributed by atoms with van der Waals surface area (Å²) in [5.41, 5.74) is -0.675. The molecule has 1 N–H and O–H groups in total. The molecule has 3 heteroatoms. The fourth-order valence-corrected chi connectivity index (χ4v) is 2.52. The molecule has 0 aromatic carbocycles. The highest BCUT2D eigenvalue weighted by Crippen LogP contribution is 2.45. The molecule has 0 radical (unpaired) electrons. The quantitative estimate of drug-likeness (QED) is 0.596. The number of rotatable bonds is 2. The largest absolute Gasteiger partial charge is 0.452 e. The molecule has 3 nitrogen and oxygen atoms in total. The summed E-state index contributed by atoms with van der Waals surface area (Å²) < 4.78 is 5.63. The summed E-state index contributed by atoms with van der Waals surface area (Å²) in [5, 5.41) is 10.3. The van der Waals surface area contributed by atoms with Crippen molar-refractivity contribution in [3.05, 3.63) is 12.2 Å². The first-order chi connectivity index (χ1) is 7.71. The maximum atomic E-state index is 11.8. The molecule has 0 spiro atoms. The van der Waals surface area contributed by atoms with Gasteiger partial charge in [-0.05, 0) is 26.2 Å². The van der Waals surface area contributed by atoms with Crippen LogP contribution >= 0.6 is 0 Å². The van der Waals surface area contributed by atoms with Crippen LogP contribution in [0.1, 0.15) is 53.4 Å². The Morgan fingerprint density at radius 2 is 2.00 bits per heavy atom. The fourth-order valence-electron chi connectivity index (χ4n) is 2.52. The number of hydrogen-bond donors (Lipinski definition) is 1. The third kappa shape index (κ3) is 2.71. The molecule has 2 atom stereocenters. The normalized spacial score (nSPS) is 29.8. The molecule has 0 aliphatic heterocycles. The number of hydrogen-bond acceptors (Lipinski definition) is 3. The van der Waals surface area contributed by atoms with Crippen LogP contribution in [0.2, 0.25) is 0 Å². The van der Waals surface area contributed by atoms with Crippen LogP contribution in [-0.2, 0) is 9.53 Å². The van der Waals surface area contributed by atoms with Gasteiger partial charge in [0.05, 0.1) is 6.10 Å². The van der Waals surface area contributed by atoms with Gasteiger partial charge in [0, 0.05) is 11.0 Å². The van der Waals surface area contributed by atoms with E-state index in [0.29, 0.717) is 12.0 Å². The van der Waals surface area contributed by atoms with Crippen molar-refractivity contribution >= 4 is 5.97 Å². The standard InChI is InChI=1S/C14H24O3/c1-10(2)12(16)17-14(13(3,4)5)9-7-6-8-11(14)15/h11,15H,1,6-9H2,2-5H3. The minimum atomic E-state index is -0.777. The Labute approximate surface area is 104 Å². The van der Waals surface area contributed by atoms with Gasteiger partial charge in [0.25, 0.3) is 0 Å². The third-order valence-electron chi connectivity index (χ3n) is 3.71. The van der Waals surface area contributed by atoms with E-state index in [2.05, 4.69) is 6.58 Å². The molecule has 98 valence electrons. The summed E-state index contributed by atoms with van der Waals surface area (Å²) in [6, 6.07) is 0. The minimum absolute atomic E-state index is 0.280. The van der Waals surface area contributed by atoms with Crippen molar-refractivity contribution in [1.82, 2.24) is 0 Å². The Bertz CT molecular complexity index is 314. The van der Waals surface area contributed by atoms with Crippen molar-refractivity contribution in [2.75, 3.05) is 0 Å². The number of carbonyl (C=O) groups is 1. The van der Waals surface area contributed by atoms with E-state index in [1.165, 1.54) is 0 Å². The lowest BCUT2D eigenvalue weighted by atomic mass is 9.66. The van der Waals surface area contributed by atoms with E-state index in [4.69, 9.17) is 4.74 Å². The van der Waals surface area contributed by atoms with Gasteiger partial charge in [0.1, 0.15) is 5.60 Å². The Balaban J connectivity index is 3.02. The second kappa shape index (κ2) is 4.81. The van der Waals surface area contributed by atoms with Crippen LogP contribution in [-0.4, -0.2) is 22.8 Å². The van der Waals surface area contributed by atoms with Crippen molar-refractivity contribution in [2.24, 2.45) is 5.41 Å². The van der Waals surface area contributed by atoms with Crippen molar-refractivity contribution in [3.63, 3.8) is 0 Å². The van der Waals surface area contributed by atoms with Crippen LogP contribution in [0.3, 0.4) is 0 Å². The molecule has 0 amide bonds. The maximum Gasteiger partial charge on any atom is 0.333 e. The molecule has 1 rings (SSSR count). The van der Waals surface area contributed by atoms with Crippen molar-refractivity contribution < 1.29 is 14.6 Å². The van der Waals surface area contributed by atoms with E-state index < -0.39 is 17.7 Å². The zero-order chi connectivity index (χ0) is 13.3. The van der Waals surface area contributed by atoms with Crippen LogP contribution in [0.5, 0.6) is 0 Å². The van der Waals surface area contributed by atoms with Gasteiger partial charge < -0.3 is 9.84 Å². The summed E-state index contributed by atoms with van der Waals surface area (Å²) in [5.74, 6) is -0.402. The molecule has 2 unspecified atom stereocenters. The van der Waals surface area contributed by atoms with E-state index in [9.17, 15) is 9.90 Å². The number of aliphatic hydroxyl groups is 1. The van der Waals surface area contributed by atoms with Gasteiger partial charge in [-0.3, -0.25) is 0 Å². The lowest BCUT2D eigenvalue weighted by molar-refractivity contribution is -0.202. The molecule has 0 bridgehead atoms. The third-order valence-corrected chi connectivity index (χ3v) is 3.71. The zero-order valence-corrected chi connectivity index (χ0v) is 11.4. The number of carbonyl (C=O) groups excluding carboxylic acids is 1. The second-order valence-corrected chi connectivity index (χ2v) is 6.07. The molecule has 1 fully saturated rings. The first kappa shape index (κ1) is 14.2. The molecule has 0 aromatic heterocycles. The fraction of sp³-hybridized carbons (Fsp3) is 0.786. The van der Waals surface area contributed by atoms with Crippen LogP contribution < -0.4 is 0 Å². The molecule has 1 aliphatic carbocycles. The smallest absolute Gasteiger partial charge is 0.333 e. The van der Waals surface area contributed by atoms with E-state index in [1.54, 1.807) is 6.92 Å². The Hall–Kier alpha value is -0.830. The monoisotopic (exact) mass is 240 g/mol. The number of esters is 1. The molecular formula is C14H24O3. The van der Waals surface area contributed by atoms with Gasteiger partial charge in [-0.25, -0.2) is 4.79 Å². The highest BCUT2D eigenvalue weighted by molar-refractivity contribution is 5.87. The van der Waals surface area contributed by atoms with E-state index in [1.807, 2.05) is 20.8 Å². The van der Waals surface area contributed by atoms with Gasteiger partial charge in [-0.1, -0.05) is 33.8 Å². The summed E-state index contributed by atoms with van der Waals surface area (Å²) in [6.07, 6.45) is 2.80. The summed E-state index contributed by atoms with van der Waals surface area (Å²) in [7, 11) is 0. The molecule has 1 aliphatic rings. The average Bonchev–Trinajstić information content (AvgIpc) is 2.19. The van der Waals surface area contributed by atoms with E-state index >= 15 is 0 Å². The molecule has 0 saturated heterocycles.